The van der Waals surface area contributed by atoms with Crippen molar-refractivity contribution in [3.05, 3.63) is 29.8 Å². The number of nitrogens with zero attached hydrogens (tertiary/aromatic N) is 2. The van der Waals surface area contributed by atoms with Crippen molar-refractivity contribution in [1.29, 1.82) is 0 Å². The Labute approximate surface area is 97.6 Å². The van der Waals surface area contributed by atoms with Gasteiger partial charge in [-0.3, -0.25) is 24.8 Å². The van der Waals surface area contributed by atoms with Crippen LogP contribution in [0.2, 0.25) is 0 Å². The van der Waals surface area contributed by atoms with E-state index in [2.05, 4.69) is 10.3 Å². The summed E-state index contributed by atoms with van der Waals surface area (Å²) in [6.45, 7) is 1.87. The second kappa shape index (κ2) is 4.58. The van der Waals surface area contributed by atoms with Crippen molar-refractivity contribution >= 4 is 11.8 Å². The standard InChI is InChI=1S/C11H12FN3O2/c1-7-11(17)15(10(16)5-14-7)6-8-2-9(12)4-13-3-8/h2-4,7,14H,5-6H2,1H3. The number of halogens is 1. The predicted octanol–water partition coefficient (Wildman–Crippen LogP) is 0.0676. The summed E-state index contributed by atoms with van der Waals surface area (Å²) < 4.78 is 12.9. The van der Waals surface area contributed by atoms with Crippen molar-refractivity contribution in [2.24, 2.45) is 0 Å². The van der Waals surface area contributed by atoms with Gasteiger partial charge in [0.1, 0.15) is 5.82 Å². The van der Waals surface area contributed by atoms with Gasteiger partial charge in [0.15, 0.2) is 0 Å². The number of hydrogen-bond acceptors (Lipinski definition) is 4. The van der Waals surface area contributed by atoms with Crippen LogP contribution in [0.3, 0.4) is 0 Å². The molecule has 1 atom stereocenters. The monoisotopic (exact) mass is 237 g/mol. The van der Waals surface area contributed by atoms with Gasteiger partial charge in [0.25, 0.3) is 0 Å². The van der Waals surface area contributed by atoms with Gasteiger partial charge in [0.2, 0.25) is 11.8 Å². The van der Waals surface area contributed by atoms with Crippen LogP contribution in [-0.2, 0) is 16.1 Å². The van der Waals surface area contributed by atoms with Gasteiger partial charge in [-0.25, -0.2) is 4.39 Å². The number of carbonyl (C=O) groups is 2. The minimum atomic E-state index is -0.481. The van der Waals surface area contributed by atoms with E-state index in [9.17, 15) is 14.0 Å². The molecule has 0 aromatic carbocycles. The van der Waals surface area contributed by atoms with Gasteiger partial charge in [0.05, 0.1) is 25.3 Å². The lowest BCUT2D eigenvalue weighted by molar-refractivity contribution is -0.149. The van der Waals surface area contributed by atoms with E-state index in [4.69, 9.17) is 0 Å². The fourth-order valence-corrected chi connectivity index (χ4v) is 1.67. The molecule has 1 aliphatic rings. The van der Waals surface area contributed by atoms with Crippen LogP contribution < -0.4 is 5.32 Å². The Morgan fingerprint density at radius 2 is 2.29 bits per heavy atom. The maximum Gasteiger partial charge on any atom is 0.246 e. The van der Waals surface area contributed by atoms with E-state index in [0.717, 1.165) is 11.1 Å². The highest BCUT2D eigenvalue weighted by Crippen LogP contribution is 2.10. The van der Waals surface area contributed by atoms with Crippen LogP contribution >= 0.6 is 0 Å². The predicted molar refractivity (Wildman–Crippen MR) is 57.2 cm³/mol. The first-order valence-corrected chi connectivity index (χ1v) is 5.25. The zero-order valence-corrected chi connectivity index (χ0v) is 9.31. The van der Waals surface area contributed by atoms with Crippen molar-refractivity contribution in [2.75, 3.05) is 6.54 Å². The zero-order chi connectivity index (χ0) is 12.4. The molecule has 0 radical (unpaired) electrons. The molecule has 1 N–H and O–H groups in total. The maximum atomic E-state index is 12.9. The third-order valence-corrected chi connectivity index (χ3v) is 2.60. The molecule has 2 rings (SSSR count). The van der Waals surface area contributed by atoms with Crippen LogP contribution in [0.5, 0.6) is 0 Å². The Hall–Kier alpha value is -1.82. The fraction of sp³-hybridized carbons (Fsp3) is 0.364. The molecule has 17 heavy (non-hydrogen) atoms. The summed E-state index contributed by atoms with van der Waals surface area (Å²) in [7, 11) is 0. The first-order chi connectivity index (χ1) is 8.08. The Bertz CT molecular complexity index is 464. The van der Waals surface area contributed by atoms with Crippen molar-refractivity contribution in [3.63, 3.8) is 0 Å². The van der Waals surface area contributed by atoms with Gasteiger partial charge in [0, 0.05) is 6.20 Å². The molecule has 1 fully saturated rings. The molecule has 0 spiro atoms. The molecular weight excluding hydrogens is 225 g/mol. The first-order valence-electron chi connectivity index (χ1n) is 5.25. The van der Waals surface area contributed by atoms with Gasteiger partial charge in [-0.15, -0.1) is 0 Å². The number of imide groups is 1. The van der Waals surface area contributed by atoms with Crippen molar-refractivity contribution in [2.45, 2.75) is 19.5 Å². The summed E-state index contributed by atoms with van der Waals surface area (Å²) in [5, 5.41) is 2.78. The van der Waals surface area contributed by atoms with Gasteiger partial charge >= 0.3 is 0 Å². The molecule has 90 valence electrons. The highest BCUT2D eigenvalue weighted by atomic mass is 19.1. The lowest BCUT2D eigenvalue weighted by Gasteiger charge is -2.29. The number of piperazine rings is 1. The lowest BCUT2D eigenvalue weighted by atomic mass is 10.2. The summed E-state index contributed by atoms with van der Waals surface area (Å²) >= 11 is 0. The molecule has 1 aromatic heterocycles. The molecule has 2 heterocycles. The quantitative estimate of drug-likeness (QED) is 0.739. The molecular formula is C11H12FN3O2. The largest absolute Gasteiger partial charge is 0.298 e. The van der Waals surface area contributed by atoms with E-state index >= 15 is 0 Å². The maximum absolute atomic E-state index is 12.9. The van der Waals surface area contributed by atoms with Crippen LogP contribution in [0.25, 0.3) is 0 Å². The van der Waals surface area contributed by atoms with E-state index in [1.54, 1.807) is 6.92 Å². The van der Waals surface area contributed by atoms with Crippen LogP contribution in [0, 0.1) is 5.82 Å². The highest BCUT2D eigenvalue weighted by molar-refractivity contribution is 6.00. The summed E-state index contributed by atoms with van der Waals surface area (Å²) in [5.74, 6) is -1.09. The summed E-state index contributed by atoms with van der Waals surface area (Å²) in [6.07, 6.45) is 2.52. The molecule has 0 bridgehead atoms. The Kier molecular flexibility index (Phi) is 3.14. The number of aromatic nitrogens is 1. The Morgan fingerprint density at radius 1 is 1.53 bits per heavy atom. The van der Waals surface area contributed by atoms with Crippen molar-refractivity contribution in [1.82, 2.24) is 15.2 Å². The van der Waals surface area contributed by atoms with Gasteiger partial charge < -0.3 is 0 Å². The number of carbonyl (C=O) groups excluding carboxylic acids is 2. The number of nitrogens with one attached hydrogen (secondary N) is 1. The molecule has 2 amide bonds. The van der Waals surface area contributed by atoms with Crippen molar-refractivity contribution in [3.8, 4) is 0 Å². The summed E-state index contributed by atoms with van der Waals surface area (Å²) in [5.41, 5.74) is 0.501. The van der Waals surface area contributed by atoms with Gasteiger partial charge in [-0.05, 0) is 18.6 Å². The molecule has 1 unspecified atom stereocenters. The number of rotatable bonds is 2. The smallest absolute Gasteiger partial charge is 0.246 e. The van der Waals surface area contributed by atoms with Gasteiger partial charge in [-0.1, -0.05) is 0 Å². The second-order valence-electron chi connectivity index (χ2n) is 3.93. The molecule has 0 saturated carbocycles. The van der Waals surface area contributed by atoms with Crippen LogP contribution in [0.15, 0.2) is 18.5 Å². The highest BCUT2D eigenvalue weighted by Gasteiger charge is 2.31. The third kappa shape index (κ3) is 2.47. The Balaban J connectivity index is 2.16. The van der Waals surface area contributed by atoms with Gasteiger partial charge in [-0.2, -0.15) is 0 Å². The lowest BCUT2D eigenvalue weighted by Crippen LogP contribution is -2.56. The second-order valence-corrected chi connectivity index (χ2v) is 3.93. The van der Waals surface area contributed by atoms with Crippen LogP contribution in [0.4, 0.5) is 4.39 Å². The number of pyridine rings is 1. The molecule has 1 aromatic rings. The Morgan fingerprint density at radius 3 is 3.00 bits per heavy atom. The van der Waals surface area contributed by atoms with E-state index < -0.39 is 11.9 Å². The minimum Gasteiger partial charge on any atom is -0.298 e. The van der Waals surface area contributed by atoms with E-state index in [1.165, 1.54) is 12.3 Å². The molecule has 1 aliphatic heterocycles. The molecule has 0 aliphatic carbocycles. The first kappa shape index (κ1) is 11.7. The van der Waals surface area contributed by atoms with Crippen LogP contribution in [0.1, 0.15) is 12.5 Å². The normalized spacial score (nSPS) is 20.8. The van der Waals surface area contributed by atoms with E-state index in [1.807, 2.05) is 0 Å². The topological polar surface area (TPSA) is 62.3 Å². The average molecular weight is 237 g/mol. The number of amides is 2. The molecule has 1 saturated heterocycles. The average Bonchev–Trinajstić information content (AvgIpc) is 2.30. The third-order valence-electron chi connectivity index (χ3n) is 2.60. The summed E-state index contributed by atoms with van der Waals surface area (Å²) in [6, 6.07) is 0.870. The van der Waals surface area contributed by atoms with E-state index in [-0.39, 0.29) is 24.9 Å². The zero-order valence-electron chi connectivity index (χ0n) is 9.31. The SMILES string of the molecule is CC1NCC(=O)N(Cc2cncc(F)c2)C1=O. The number of hydrogen-bond donors (Lipinski definition) is 1. The summed E-state index contributed by atoms with van der Waals surface area (Å²) in [4.78, 5) is 28.1. The molecule has 6 heteroatoms. The molecule has 5 nitrogen and oxygen atoms in total. The van der Waals surface area contributed by atoms with E-state index in [0.29, 0.717) is 5.56 Å². The minimum absolute atomic E-state index is 0.0639. The fourth-order valence-electron chi connectivity index (χ4n) is 1.67. The van der Waals surface area contributed by atoms with Crippen LogP contribution in [-0.4, -0.2) is 34.3 Å². The van der Waals surface area contributed by atoms with Crippen molar-refractivity contribution < 1.29 is 14.0 Å².